The zero-order valence-electron chi connectivity index (χ0n) is 28.2. The monoisotopic (exact) mass is 824 g/mol. The Hall–Kier alpha value is -6.66. The number of carbonyl (C=O) groups excluding carboxylic acids is 4. The highest BCUT2D eigenvalue weighted by atomic mass is 19.4. The molecule has 0 spiro atoms. The molecular formula is C39H16F12O7. The zero-order chi connectivity index (χ0) is 42.3. The van der Waals surface area contributed by atoms with E-state index in [1.165, 1.54) is 12.1 Å². The van der Waals surface area contributed by atoms with Crippen molar-refractivity contribution >= 4 is 23.5 Å². The van der Waals surface area contributed by atoms with Crippen LogP contribution in [0.15, 0.2) is 84.9 Å². The summed E-state index contributed by atoms with van der Waals surface area (Å²) in [5.74, 6) is -7.15. The van der Waals surface area contributed by atoms with E-state index in [1.807, 2.05) is 0 Å². The summed E-state index contributed by atoms with van der Waals surface area (Å²) >= 11 is 0. The van der Waals surface area contributed by atoms with Gasteiger partial charge in [-0.2, -0.15) is 52.7 Å². The van der Waals surface area contributed by atoms with Gasteiger partial charge in [0.25, 0.3) is 0 Å². The van der Waals surface area contributed by atoms with E-state index in [0.29, 0.717) is 12.1 Å². The van der Waals surface area contributed by atoms with Crippen LogP contribution in [0, 0.1) is 0 Å². The van der Waals surface area contributed by atoms with Gasteiger partial charge in [-0.3, -0.25) is 9.59 Å². The summed E-state index contributed by atoms with van der Waals surface area (Å²) < 4.78 is 186. The fraction of sp³-hybridized carbons (Fsp3) is 0.128. The standard InChI is InChI=1S/C39H16F12O7/c40-36(41,42)19-7-16(8-20(13-19)37(43,44)45)17-11-29(56-27-5-1-3-23-25(52)15-26(53)32(23)27)31(18-9-21(38(46,47)48)14-22(10-18)39(49,50)51)30(12-17)57-28-6-2-4-24-33(28)35(55)58-34(24)54/h1-14H,15H2. The van der Waals surface area contributed by atoms with E-state index < -0.39 is 139 Å². The van der Waals surface area contributed by atoms with Crippen LogP contribution in [0.4, 0.5) is 52.7 Å². The molecule has 0 amide bonds. The van der Waals surface area contributed by atoms with Crippen LogP contribution >= 0.6 is 0 Å². The van der Waals surface area contributed by atoms with Gasteiger partial charge >= 0.3 is 36.6 Å². The Kier molecular flexibility index (Phi) is 9.20. The van der Waals surface area contributed by atoms with Gasteiger partial charge in [-0.1, -0.05) is 18.2 Å². The summed E-state index contributed by atoms with van der Waals surface area (Å²) in [5.41, 5.74) is -12.6. The first kappa shape index (κ1) is 39.6. The summed E-state index contributed by atoms with van der Waals surface area (Å²) in [6.07, 6.45) is -22.4. The van der Waals surface area contributed by atoms with Crippen molar-refractivity contribution in [3.05, 3.63) is 129 Å². The first-order valence-corrected chi connectivity index (χ1v) is 16.1. The number of alkyl halides is 12. The van der Waals surface area contributed by atoms with Gasteiger partial charge in [-0.15, -0.1) is 0 Å². The van der Waals surface area contributed by atoms with Gasteiger partial charge in [0, 0.05) is 5.56 Å². The lowest BCUT2D eigenvalue weighted by molar-refractivity contribution is -0.144. The minimum Gasteiger partial charge on any atom is -0.456 e. The largest absolute Gasteiger partial charge is 0.456 e. The lowest BCUT2D eigenvalue weighted by atomic mass is 9.93. The molecule has 2 aliphatic rings. The Bertz CT molecular complexity index is 2440. The van der Waals surface area contributed by atoms with E-state index >= 15 is 0 Å². The number of cyclic esters (lactones) is 2. The van der Waals surface area contributed by atoms with Gasteiger partial charge in [-0.25, -0.2) is 9.59 Å². The summed E-state index contributed by atoms with van der Waals surface area (Å²) in [7, 11) is 0. The van der Waals surface area contributed by atoms with E-state index in [1.54, 1.807) is 0 Å². The van der Waals surface area contributed by atoms with Crippen LogP contribution in [-0.2, 0) is 29.4 Å². The third-order valence-electron chi connectivity index (χ3n) is 8.87. The summed E-state index contributed by atoms with van der Waals surface area (Å²) in [6, 6.07) is 8.39. The number of ether oxygens (including phenoxy) is 3. The molecule has 0 unspecified atom stereocenters. The molecule has 0 atom stereocenters. The normalized spacial score (nSPS) is 14.4. The maximum Gasteiger partial charge on any atom is 0.416 e. The number of rotatable bonds is 6. The van der Waals surface area contributed by atoms with E-state index in [-0.39, 0.29) is 42.0 Å². The highest BCUT2D eigenvalue weighted by Gasteiger charge is 2.40. The maximum atomic E-state index is 14.2. The zero-order valence-corrected chi connectivity index (χ0v) is 28.2. The molecule has 5 aromatic carbocycles. The van der Waals surface area contributed by atoms with Crippen LogP contribution < -0.4 is 9.47 Å². The maximum absolute atomic E-state index is 14.2. The predicted molar refractivity (Wildman–Crippen MR) is 173 cm³/mol. The minimum absolute atomic E-state index is 0.202. The first-order valence-electron chi connectivity index (χ1n) is 16.1. The van der Waals surface area contributed by atoms with Crippen LogP contribution in [0.25, 0.3) is 22.3 Å². The number of ketones is 2. The van der Waals surface area contributed by atoms with Gasteiger partial charge in [0.2, 0.25) is 0 Å². The van der Waals surface area contributed by atoms with E-state index in [9.17, 15) is 71.9 Å². The molecule has 1 aliphatic carbocycles. The summed E-state index contributed by atoms with van der Waals surface area (Å²) in [5, 5.41) is 0. The molecule has 0 N–H and O–H groups in total. The molecule has 0 radical (unpaired) electrons. The number of esters is 2. The Labute approximate surface area is 315 Å². The molecule has 0 bridgehead atoms. The Morgan fingerprint density at radius 1 is 0.414 bits per heavy atom. The second kappa shape index (κ2) is 13.5. The van der Waals surface area contributed by atoms with Crippen molar-refractivity contribution in [1.29, 1.82) is 0 Å². The quantitative estimate of drug-likeness (QED) is 0.0956. The highest BCUT2D eigenvalue weighted by Crippen LogP contribution is 2.50. The Morgan fingerprint density at radius 2 is 0.828 bits per heavy atom. The average Bonchev–Trinajstić information content (AvgIpc) is 3.59. The number of hydrogen-bond donors (Lipinski definition) is 0. The van der Waals surface area contributed by atoms with E-state index in [0.717, 1.165) is 24.3 Å². The van der Waals surface area contributed by atoms with Gasteiger partial charge in [0.1, 0.15) is 28.6 Å². The van der Waals surface area contributed by atoms with Crippen LogP contribution in [-0.4, -0.2) is 23.5 Å². The van der Waals surface area contributed by atoms with Gasteiger partial charge in [0.15, 0.2) is 11.6 Å². The molecule has 1 aliphatic heterocycles. The van der Waals surface area contributed by atoms with Gasteiger partial charge in [0.05, 0.1) is 45.4 Å². The van der Waals surface area contributed by atoms with Crippen molar-refractivity contribution in [3.8, 4) is 45.3 Å². The molecule has 7 nitrogen and oxygen atoms in total. The third kappa shape index (κ3) is 7.34. The summed E-state index contributed by atoms with van der Waals surface area (Å²) in [6.45, 7) is 0. The van der Waals surface area contributed by atoms with Crippen molar-refractivity contribution in [2.24, 2.45) is 0 Å². The highest BCUT2D eigenvalue weighted by molar-refractivity contribution is 6.25. The number of halogens is 12. The lowest BCUT2D eigenvalue weighted by Gasteiger charge is -2.22. The number of hydrogen-bond acceptors (Lipinski definition) is 7. The van der Waals surface area contributed by atoms with Crippen LogP contribution in [0.3, 0.4) is 0 Å². The molecule has 19 heteroatoms. The lowest BCUT2D eigenvalue weighted by Crippen LogP contribution is -2.11. The van der Waals surface area contributed by atoms with Crippen molar-refractivity contribution < 1.29 is 86.1 Å². The molecule has 5 aromatic rings. The van der Waals surface area contributed by atoms with Crippen LogP contribution in [0.5, 0.6) is 23.0 Å². The number of benzene rings is 5. The second-order valence-electron chi connectivity index (χ2n) is 12.7. The fourth-order valence-corrected chi connectivity index (χ4v) is 6.31. The van der Waals surface area contributed by atoms with E-state index in [2.05, 4.69) is 4.74 Å². The Morgan fingerprint density at radius 3 is 1.29 bits per heavy atom. The molecule has 1 heterocycles. The number of carbonyl (C=O) groups is 4. The molecule has 0 fully saturated rings. The van der Waals surface area contributed by atoms with Crippen LogP contribution in [0.2, 0.25) is 0 Å². The minimum atomic E-state index is -5.46. The smallest absolute Gasteiger partial charge is 0.416 e. The first-order chi connectivity index (χ1) is 26.9. The SMILES string of the molecule is O=C1CC(=O)c2c(Oc3cc(-c4cc(C(F)(F)F)cc(C(F)(F)F)c4)cc(Oc4cccc5c4C(=O)OC5=O)c3-c3cc(C(F)(F)F)cc(C(F)(F)F)c3)cccc21. The van der Waals surface area contributed by atoms with Gasteiger partial charge < -0.3 is 14.2 Å². The Balaban J connectivity index is 1.60. The molecule has 298 valence electrons. The third-order valence-corrected chi connectivity index (χ3v) is 8.87. The van der Waals surface area contributed by atoms with Crippen molar-refractivity contribution in [2.75, 3.05) is 0 Å². The van der Waals surface area contributed by atoms with Crippen molar-refractivity contribution in [3.63, 3.8) is 0 Å². The molecule has 58 heavy (non-hydrogen) atoms. The second-order valence-corrected chi connectivity index (χ2v) is 12.7. The van der Waals surface area contributed by atoms with Crippen LogP contribution in [0.1, 0.15) is 70.1 Å². The molecule has 7 rings (SSSR count). The summed E-state index contributed by atoms with van der Waals surface area (Å²) in [4.78, 5) is 50.5. The topological polar surface area (TPSA) is 96.0 Å². The number of fused-ring (bicyclic) bond motifs is 2. The van der Waals surface area contributed by atoms with Gasteiger partial charge in [-0.05, 0) is 83.4 Å². The average molecular weight is 825 g/mol. The van der Waals surface area contributed by atoms with Crippen molar-refractivity contribution in [1.82, 2.24) is 0 Å². The molecule has 0 aromatic heterocycles. The molecular weight excluding hydrogens is 808 g/mol. The number of Topliss-reactive ketones (excluding diaryl/α,β-unsaturated/α-hetero) is 2. The molecule has 0 saturated carbocycles. The van der Waals surface area contributed by atoms with E-state index in [4.69, 9.17) is 9.47 Å². The predicted octanol–water partition coefficient (Wildman–Crippen LogP) is 11.8. The van der Waals surface area contributed by atoms with Crippen molar-refractivity contribution in [2.45, 2.75) is 31.1 Å². The fourth-order valence-electron chi connectivity index (χ4n) is 6.31. The molecule has 0 saturated heterocycles.